The van der Waals surface area contributed by atoms with E-state index >= 15 is 0 Å². The SMILES string of the molecule is Oc1ccccc1.[CH2-]c1c(-c2cccc[n+]2[CH2-])cccc1-c1cccc[n+]1[CH2-].[Pt]. The molecule has 0 atom stereocenters. The van der Waals surface area contributed by atoms with Gasteiger partial charge in [-0.3, -0.25) is 0 Å². The van der Waals surface area contributed by atoms with Crippen molar-refractivity contribution in [2.45, 2.75) is 0 Å². The Hall–Kier alpha value is -3.16. The summed E-state index contributed by atoms with van der Waals surface area (Å²) in [6, 6.07) is 26.9. The molecule has 0 radical (unpaired) electrons. The summed E-state index contributed by atoms with van der Waals surface area (Å²) in [4.78, 5) is 0. The molecule has 0 aliphatic carbocycles. The minimum Gasteiger partial charge on any atom is -0.508 e. The van der Waals surface area contributed by atoms with E-state index in [4.69, 9.17) is 5.11 Å². The average Bonchev–Trinajstić information content (AvgIpc) is 2.71. The number of phenols is 1. The van der Waals surface area contributed by atoms with Crippen molar-refractivity contribution < 1.29 is 35.3 Å². The molecule has 1 N–H and O–H groups in total. The van der Waals surface area contributed by atoms with Gasteiger partial charge < -0.3 is 14.2 Å². The van der Waals surface area contributed by atoms with Crippen molar-refractivity contribution in [3.8, 4) is 28.3 Å². The predicted molar refractivity (Wildman–Crippen MR) is 112 cm³/mol. The standard InChI is InChI=1S/C19H17N2.C6H6O.Pt/c1-15-16(18-11-4-6-13-20(18)2)9-8-10-17(15)19-12-5-7-14-21(19)3;7-6-4-2-1-3-5-6;/h4-14H,1-3H2;1-5,7H;/q-1;;. The van der Waals surface area contributed by atoms with Gasteiger partial charge in [-0.25, -0.2) is 0 Å². The number of phenolic OH excluding ortho intramolecular Hbond substituents is 1. The molecule has 0 bridgehead atoms. The Balaban J connectivity index is 0.000000319. The number of aromatic hydroxyl groups is 1. The van der Waals surface area contributed by atoms with Gasteiger partial charge >= 0.3 is 0 Å². The van der Waals surface area contributed by atoms with E-state index in [9.17, 15) is 0 Å². The predicted octanol–water partition coefficient (Wildman–Crippen LogP) is 4.45. The summed E-state index contributed by atoms with van der Waals surface area (Å²) in [6.07, 6.45) is 3.87. The molecule has 0 fully saturated rings. The Morgan fingerprint density at radius 1 is 0.586 bits per heavy atom. The van der Waals surface area contributed by atoms with Gasteiger partial charge in [0.1, 0.15) is 5.75 Å². The summed E-state index contributed by atoms with van der Waals surface area (Å²) in [5, 5.41) is 8.63. The summed E-state index contributed by atoms with van der Waals surface area (Å²) < 4.78 is 3.72. The van der Waals surface area contributed by atoms with Gasteiger partial charge in [-0.1, -0.05) is 60.7 Å². The Bertz CT molecular complexity index is 1000. The van der Waals surface area contributed by atoms with E-state index in [1.165, 1.54) is 0 Å². The van der Waals surface area contributed by atoms with Crippen LogP contribution in [-0.2, 0) is 21.1 Å². The third kappa shape index (κ3) is 5.43. The van der Waals surface area contributed by atoms with Crippen LogP contribution >= 0.6 is 0 Å². The van der Waals surface area contributed by atoms with Gasteiger partial charge in [0.05, 0.1) is 23.8 Å². The Morgan fingerprint density at radius 3 is 1.41 bits per heavy atom. The first-order chi connectivity index (χ1) is 13.6. The van der Waals surface area contributed by atoms with E-state index in [2.05, 4.69) is 33.2 Å². The van der Waals surface area contributed by atoms with Crippen molar-refractivity contribution in [3.05, 3.63) is 124 Å². The molecule has 0 spiro atoms. The number of hydrogen-bond donors (Lipinski definition) is 1. The molecule has 4 heteroatoms. The second kappa shape index (κ2) is 10.4. The third-order valence-corrected chi connectivity index (χ3v) is 4.37. The second-order valence-corrected chi connectivity index (χ2v) is 6.28. The van der Waals surface area contributed by atoms with Crippen molar-refractivity contribution in [1.29, 1.82) is 0 Å². The maximum atomic E-state index is 8.63. The van der Waals surface area contributed by atoms with Crippen molar-refractivity contribution >= 4 is 0 Å². The van der Waals surface area contributed by atoms with Crippen LogP contribution in [0.5, 0.6) is 5.75 Å². The average molecular weight is 563 g/mol. The number of rotatable bonds is 2. The van der Waals surface area contributed by atoms with Crippen LogP contribution in [0.3, 0.4) is 0 Å². The van der Waals surface area contributed by atoms with Gasteiger partial charge in [0.15, 0.2) is 0 Å². The number of benzene rings is 2. The summed E-state index contributed by atoms with van der Waals surface area (Å²) in [5.41, 5.74) is 5.20. The number of aromatic nitrogens is 2. The Labute approximate surface area is 187 Å². The van der Waals surface area contributed by atoms with Crippen LogP contribution in [0.15, 0.2) is 97.3 Å². The fraction of sp³-hybridized carbons (Fsp3) is 0. The monoisotopic (exact) mass is 562 g/mol. The minimum atomic E-state index is 0. The van der Waals surface area contributed by atoms with Crippen LogP contribution in [0.1, 0.15) is 5.56 Å². The van der Waals surface area contributed by atoms with Crippen LogP contribution in [0.2, 0.25) is 0 Å². The number of hydrogen-bond acceptors (Lipinski definition) is 1. The van der Waals surface area contributed by atoms with E-state index in [0.717, 1.165) is 28.1 Å². The van der Waals surface area contributed by atoms with Gasteiger partial charge in [0.25, 0.3) is 0 Å². The number of pyridine rings is 2. The minimum absolute atomic E-state index is 0. The topological polar surface area (TPSA) is 28.0 Å². The van der Waals surface area contributed by atoms with Gasteiger partial charge in [-0.2, -0.15) is 12.5 Å². The first kappa shape index (κ1) is 22.1. The largest absolute Gasteiger partial charge is 0.508 e. The van der Waals surface area contributed by atoms with E-state index in [1.54, 1.807) is 24.3 Å². The van der Waals surface area contributed by atoms with Gasteiger partial charge in [-0.05, 0) is 12.1 Å². The van der Waals surface area contributed by atoms with Crippen molar-refractivity contribution in [3.63, 3.8) is 0 Å². The zero-order valence-electron chi connectivity index (χ0n) is 16.0. The molecule has 150 valence electrons. The van der Waals surface area contributed by atoms with Gasteiger partial charge in [0.2, 0.25) is 0 Å². The van der Waals surface area contributed by atoms with Crippen LogP contribution in [0, 0.1) is 21.0 Å². The first-order valence-corrected chi connectivity index (χ1v) is 8.91. The molecule has 0 unspecified atom stereocenters. The van der Waals surface area contributed by atoms with Gasteiger partial charge in [-0.15, -0.1) is 23.3 Å². The molecule has 0 aliphatic heterocycles. The van der Waals surface area contributed by atoms with Crippen LogP contribution in [0.4, 0.5) is 0 Å². The third-order valence-electron chi connectivity index (χ3n) is 4.37. The molecular formula is C25H23N2OPt-. The molecule has 0 saturated carbocycles. The molecule has 2 aromatic carbocycles. The molecule has 4 aromatic rings. The zero-order valence-corrected chi connectivity index (χ0v) is 18.3. The quantitative estimate of drug-likeness (QED) is 0.284. The normalized spacial score (nSPS) is 9.66. The fourth-order valence-corrected chi connectivity index (χ4v) is 2.94. The second-order valence-electron chi connectivity index (χ2n) is 6.28. The zero-order chi connectivity index (χ0) is 19.9. The summed E-state index contributed by atoms with van der Waals surface area (Å²) >= 11 is 0. The van der Waals surface area contributed by atoms with Crippen molar-refractivity contribution in [2.75, 3.05) is 0 Å². The van der Waals surface area contributed by atoms with Crippen molar-refractivity contribution in [2.24, 2.45) is 0 Å². The maximum absolute atomic E-state index is 8.63. The molecule has 2 aromatic heterocycles. The fourth-order valence-electron chi connectivity index (χ4n) is 2.94. The summed E-state index contributed by atoms with van der Waals surface area (Å²) in [5.74, 6) is 0.322. The summed E-state index contributed by atoms with van der Waals surface area (Å²) in [7, 11) is 8.06. The molecule has 0 amide bonds. The molecule has 0 saturated heterocycles. The Morgan fingerprint density at radius 2 is 1.03 bits per heavy atom. The van der Waals surface area contributed by atoms with Crippen LogP contribution in [-0.4, -0.2) is 5.11 Å². The summed E-state index contributed by atoms with van der Waals surface area (Å²) in [6.45, 7) is 4.27. The van der Waals surface area contributed by atoms with E-state index in [1.807, 2.05) is 70.1 Å². The molecular weight excluding hydrogens is 539 g/mol. The molecule has 2 heterocycles. The molecule has 0 aliphatic rings. The van der Waals surface area contributed by atoms with E-state index in [-0.39, 0.29) is 21.1 Å². The number of nitrogens with zero attached hydrogens (tertiary/aromatic N) is 2. The molecule has 4 rings (SSSR count). The molecule has 29 heavy (non-hydrogen) atoms. The van der Waals surface area contributed by atoms with Crippen molar-refractivity contribution in [1.82, 2.24) is 0 Å². The van der Waals surface area contributed by atoms with E-state index in [0.29, 0.717) is 5.75 Å². The van der Waals surface area contributed by atoms with Gasteiger partial charge in [0, 0.05) is 35.2 Å². The van der Waals surface area contributed by atoms with E-state index < -0.39 is 0 Å². The maximum Gasteiger partial charge on any atom is 0.115 e. The number of para-hydroxylation sites is 1. The first-order valence-electron chi connectivity index (χ1n) is 8.91. The van der Waals surface area contributed by atoms with Crippen LogP contribution < -0.4 is 9.13 Å². The Kier molecular flexibility index (Phi) is 7.94. The smallest absolute Gasteiger partial charge is 0.115 e. The van der Waals surface area contributed by atoms with Crippen LogP contribution in [0.25, 0.3) is 22.5 Å². The molecule has 3 nitrogen and oxygen atoms in total.